The van der Waals surface area contributed by atoms with E-state index in [0.29, 0.717) is 25.5 Å². The SMILES string of the molecule is Nc1nc2cc(-c3ccn[nH]3)ccc2n2cc(CN3CCOC3=O)cc12. The van der Waals surface area contributed by atoms with E-state index in [1.54, 1.807) is 11.1 Å². The largest absolute Gasteiger partial charge is 0.448 e. The van der Waals surface area contributed by atoms with Crippen LogP contribution in [-0.2, 0) is 11.3 Å². The van der Waals surface area contributed by atoms with Gasteiger partial charge in [-0.15, -0.1) is 0 Å². The molecule has 130 valence electrons. The van der Waals surface area contributed by atoms with E-state index < -0.39 is 0 Å². The van der Waals surface area contributed by atoms with E-state index in [0.717, 1.165) is 33.4 Å². The van der Waals surface area contributed by atoms with Gasteiger partial charge in [-0.05, 0) is 29.8 Å². The van der Waals surface area contributed by atoms with Gasteiger partial charge in [-0.2, -0.15) is 5.10 Å². The van der Waals surface area contributed by atoms with E-state index in [9.17, 15) is 4.79 Å². The van der Waals surface area contributed by atoms with E-state index in [-0.39, 0.29) is 6.09 Å². The van der Waals surface area contributed by atoms with Gasteiger partial charge in [-0.25, -0.2) is 9.78 Å². The van der Waals surface area contributed by atoms with Gasteiger partial charge in [0.25, 0.3) is 0 Å². The monoisotopic (exact) mass is 348 g/mol. The molecule has 0 unspecified atom stereocenters. The minimum Gasteiger partial charge on any atom is -0.448 e. The smallest absolute Gasteiger partial charge is 0.410 e. The van der Waals surface area contributed by atoms with Crippen molar-refractivity contribution in [3.8, 4) is 11.3 Å². The lowest BCUT2D eigenvalue weighted by Gasteiger charge is -2.10. The number of nitrogens with zero attached hydrogens (tertiary/aromatic N) is 4. The summed E-state index contributed by atoms with van der Waals surface area (Å²) in [4.78, 5) is 17.9. The molecule has 1 fully saturated rings. The minimum absolute atomic E-state index is 0.277. The minimum atomic E-state index is -0.277. The molecule has 0 spiro atoms. The molecule has 0 saturated carbocycles. The third-order valence-electron chi connectivity index (χ3n) is 4.64. The molecule has 1 aromatic carbocycles. The first-order chi connectivity index (χ1) is 12.7. The van der Waals surface area contributed by atoms with E-state index in [2.05, 4.69) is 15.2 Å². The van der Waals surface area contributed by atoms with Crippen molar-refractivity contribution < 1.29 is 9.53 Å². The predicted octanol–water partition coefficient (Wildman–Crippen LogP) is 2.41. The number of H-pyrrole nitrogens is 1. The zero-order valence-electron chi connectivity index (χ0n) is 13.8. The zero-order chi connectivity index (χ0) is 17.7. The van der Waals surface area contributed by atoms with Crippen molar-refractivity contribution in [2.24, 2.45) is 0 Å². The third-order valence-corrected chi connectivity index (χ3v) is 4.64. The van der Waals surface area contributed by atoms with Crippen molar-refractivity contribution in [1.82, 2.24) is 24.5 Å². The van der Waals surface area contributed by atoms with Gasteiger partial charge in [0.05, 0.1) is 35.3 Å². The van der Waals surface area contributed by atoms with Crippen LogP contribution in [0.2, 0.25) is 0 Å². The Kier molecular flexibility index (Phi) is 3.11. The number of fused-ring (bicyclic) bond motifs is 3. The molecule has 1 aliphatic rings. The Hall–Kier alpha value is -3.55. The fourth-order valence-electron chi connectivity index (χ4n) is 3.38. The van der Waals surface area contributed by atoms with Crippen LogP contribution in [0.1, 0.15) is 5.56 Å². The summed E-state index contributed by atoms with van der Waals surface area (Å²) in [6.07, 6.45) is 3.43. The summed E-state index contributed by atoms with van der Waals surface area (Å²) in [6.45, 7) is 1.54. The fraction of sp³-hybridized carbons (Fsp3) is 0.167. The highest BCUT2D eigenvalue weighted by atomic mass is 16.6. The quantitative estimate of drug-likeness (QED) is 0.592. The number of amides is 1. The maximum atomic E-state index is 11.7. The number of benzene rings is 1. The Bertz CT molecular complexity index is 1130. The summed E-state index contributed by atoms with van der Waals surface area (Å²) in [5.41, 5.74) is 11.7. The highest BCUT2D eigenvalue weighted by molar-refractivity contribution is 5.87. The fourth-order valence-corrected chi connectivity index (χ4v) is 3.38. The van der Waals surface area contributed by atoms with Crippen molar-refractivity contribution in [2.75, 3.05) is 18.9 Å². The van der Waals surface area contributed by atoms with Crippen LogP contribution in [0.25, 0.3) is 27.8 Å². The number of cyclic esters (lactones) is 1. The second-order valence-corrected chi connectivity index (χ2v) is 6.31. The number of hydrogen-bond donors (Lipinski definition) is 2. The summed E-state index contributed by atoms with van der Waals surface area (Å²) in [6, 6.07) is 9.89. The number of ether oxygens (including phenoxy) is 1. The number of anilines is 1. The maximum absolute atomic E-state index is 11.7. The Morgan fingerprint density at radius 3 is 2.92 bits per heavy atom. The summed E-state index contributed by atoms with van der Waals surface area (Å²) >= 11 is 0. The van der Waals surface area contributed by atoms with Gasteiger partial charge in [0.15, 0.2) is 0 Å². The zero-order valence-corrected chi connectivity index (χ0v) is 13.8. The summed E-state index contributed by atoms with van der Waals surface area (Å²) in [7, 11) is 0. The molecule has 0 bridgehead atoms. The first-order valence-electron chi connectivity index (χ1n) is 8.31. The first-order valence-corrected chi connectivity index (χ1v) is 8.31. The van der Waals surface area contributed by atoms with Gasteiger partial charge in [0, 0.05) is 18.0 Å². The van der Waals surface area contributed by atoms with Crippen molar-refractivity contribution in [1.29, 1.82) is 0 Å². The number of nitrogens with one attached hydrogen (secondary N) is 1. The van der Waals surface area contributed by atoms with Gasteiger partial charge < -0.3 is 19.8 Å². The summed E-state index contributed by atoms with van der Waals surface area (Å²) in [5, 5.41) is 6.94. The topological polar surface area (TPSA) is 102 Å². The molecule has 1 aliphatic heterocycles. The number of nitrogen functional groups attached to an aromatic ring is 1. The molecular formula is C18H16N6O2. The number of hydrogen-bond acceptors (Lipinski definition) is 5. The molecule has 26 heavy (non-hydrogen) atoms. The molecular weight excluding hydrogens is 332 g/mol. The third kappa shape index (κ3) is 2.26. The highest BCUT2D eigenvalue weighted by Crippen LogP contribution is 2.27. The summed E-state index contributed by atoms with van der Waals surface area (Å²) in [5.74, 6) is 0.453. The summed E-state index contributed by atoms with van der Waals surface area (Å²) < 4.78 is 7.01. The average molecular weight is 348 g/mol. The highest BCUT2D eigenvalue weighted by Gasteiger charge is 2.22. The van der Waals surface area contributed by atoms with Gasteiger partial charge in [-0.3, -0.25) is 5.10 Å². The molecule has 4 heterocycles. The standard InChI is InChI=1S/C18H16N6O2/c19-17-16-7-11(9-23-5-6-26-18(23)25)10-24(16)15-2-1-12(8-14(15)21-17)13-3-4-20-22-13/h1-4,7-8,10H,5-6,9H2,(H2,19,21)(H,20,22). The second-order valence-electron chi connectivity index (χ2n) is 6.31. The lowest BCUT2D eigenvalue weighted by Crippen LogP contribution is -2.23. The molecule has 4 aromatic rings. The number of aromatic amines is 1. The van der Waals surface area contributed by atoms with Gasteiger partial charge >= 0.3 is 6.09 Å². The van der Waals surface area contributed by atoms with E-state index in [4.69, 9.17) is 10.5 Å². The molecule has 1 saturated heterocycles. The van der Waals surface area contributed by atoms with E-state index in [1.165, 1.54) is 0 Å². The lowest BCUT2D eigenvalue weighted by molar-refractivity contribution is 0.157. The molecule has 5 rings (SSSR count). The van der Waals surface area contributed by atoms with Crippen LogP contribution in [0.5, 0.6) is 0 Å². The van der Waals surface area contributed by atoms with Crippen LogP contribution >= 0.6 is 0 Å². The Morgan fingerprint density at radius 2 is 2.15 bits per heavy atom. The molecule has 0 atom stereocenters. The van der Waals surface area contributed by atoms with Crippen LogP contribution in [0, 0.1) is 0 Å². The lowest BCUT2D eigenvalue weighted by atomic mass is 10.1. The molecule has 3 aromatic heterocycles. The van der Waals surface area contributed by atoms with Crippen molar-refractivity contribution in [3.63, 3.8) is 0 Å². The van der Waals surface area contributed by atoms with Crippen molar-refractivity contribution in [3.05, 3.63) is 48.3 Å². The van der Waals surface area contributed by atoms with Gasteiger partial charge in [0.1, 0.15) is 12.4 Å². The van der Waals surface area contributed by atoms with Crippen LogP contribution in [0.3, 0.4) is 0 Å². The Morgan fingerprint density at radius 1 is 1.23 bits per heavy atom. The maximum Gasteiger partial charge on any atom is 0.410 e. The number of aromatic nitrogens is 4. The Balaban J connectivity index is 1.61. The molecule has 8 nitrogen and oxygen atoms in total. The molecule has 0 aliphatic carbocycles. The van der Waals surface area contributed by atoms with Crippen molar-refractivity contribution >= 4 is 28.5 Å². The number of carbonyl (C=O) groups is 1. The molecule has 3 N–H and O–H groups in total. The Labute approximate surface area is 148 Å². The second kappa shape index (κ2) is 5.48. The normalized spacial score (nSPS) is 14.5. The number of rotatable bonds is 3. The van der Waals surface area contributed by atoms with Crippen LogP contribution in [0.15, 0.2) is 42.7 Å². The van der Waals surface area contributed by atoms with Crippen molar-refractivity contribution in [2.45, 2.75) is 6.54 Å². The van der Waals surface area contributed by atoms with Crippen LogP contribution in [-0.4, -0.2) is 43.7 Å². The number of nitrogens with two attached hydrogens (primary N) is 1. The molecule has 1 amide bonds. The van der Waals surface area contributed by atoms with E-state index in [1.807, 2.05) is 40.9 Å². The van der Waals surface area contributed by atoms with E-state index >= 15 is 0 Å². The average Bonchev–Trinajstić information content (AvgIpc) is 3.37. The van der Waals surface area contributed by atoms with Crippen LogP contribution in [0.4, 0.5) is 10.6 Å². The van der Waals surface area contributed by atoms with Gasteiger partial charge in [-0.1, -0.05) is 6.07 Å². The molecule has 8 heteroatoms. The number of carbonyl (C=O) groups excluding carboxylic acids is 1. The first kappa shape index (κ1) is 14.8. The predicted molar refractivity (Wildman–Crippen MR) is 96.5 cm³/mol. The molecule has 0 radical (unpaired) electrons. The van der Waals surface area contributed by atoms with Crippen LogP contribution < -0.4 is 5.73 Å². The van der Waals surface area contributed by atoms with Gasteiger partial charge in [0.2, 0.25) is 0 Å².